The molecule has 1 N–H and O–H groups in total. The lowest BCUT2D eigenvalue weighted by Crippen LogP contribution is -2.52. The van der Waals surface area contributed by atoms with Crippen molar-refractivity contribution in [2.75, 3.05) is 45.9 Å². The van der Waals surface area contributed by atoms with E-state index in [-0.39, 0.29) is 16.8 Å². The highest BCUT2D eigenvalue weighted by molar-refractivity contribution is 7.89. The van der Waals surface area contributed by atoms with Crippen LogP contribution in [0.1, 0.15) is 29.8 Å². The molecule has 2 fully saturated rings. The summed E-state index contributed by atoms with van der Waals surface area (Å²) < 4.78 is 33.0. The van der Waals surface area contributed by atoms with Crippen LogP contribution in [0.15, 0.2) is 23.1 Å². The molecule has 2 heterocycles. The number of hydrogen-bond donors (Lipinski definition) is 1. The van der Waals surface area contributed by atoms with E-state index < -0.39 is 10.0 Å². The fourth-order valence-electron chi connectivity index (χ4n) is 3.45. The Balaban J connectivity index is 1.95. The van der Waals surface area contributed by atoms with Crippen molar-refractivity contribution < 1.29 is 17.9 Å². The Morgan fingerprint density at radius 2 is 2.00 bits per heavy atom. The fourth-order valence-corrected chi connectivity index (χ4v) is 5.18. The lowest BCUT2D eigenvalue weighted by molar-refractivity contribution is 0.0655. The molecule has 26 heavy (non-hydrogen) atoms. The van der Waals surface area contributed by atoms with Gasteiger partial charge in [-0.1, -0.05) is 13.0 Å². The average molecular weight is 381 g/mol. The van der Waals surface area contributed by atoms with Gasteiger partial charge in [-0.2, -0.15) is 4.31 Å². The van der Waals surface area contributed by atoms with Crippen LogP contribution in [-0.2, 0) is 21.2 Å². The molecule has 1 amide bonds. The third-order valence-corrected chi connectivity index (χ3v) is 7.03. The molecule has 8 heteroatoms. The van der Waals surface area contributed by atoms with Gasteiger partial charge in [0.25, 0.3) is 5.91 Å². The molecule has 0 bridgehead atoms. The summed E-state index contributed by atoms with van der Waals surface area (Å²) in [5.74, 6) is -0.111. The molecule has 1 atom stereocenters. The number of nitrogens with one attached hydrogen (secondary N) is 1. The highest BCUT2D eigenvalue weighted by Gasteiger charge is 2.30. The Morgan fingerprint density at radius 3 is 2.65 bits per heavy atom. The van der Waals surface area contributed by atoms with Gasteiger partial charge in [0, 0.05) is 44.3 Å². The number of nitrogens with zero attached hydrogens (tertiary/aromatic N) is 2. The summed E-state index contributed by atoms with van der Waals surface area (Å²) in [6, 6.07) is 5.16. The van der Waals surface area contributed by atoms with Gasteiger partial charge in [0.2, 0.25) is 10.0 Å². The van der Waals surface area contributed by atoms with Crippen molar-refractivity contribution in [1.29, 1.82) is 0 Å². The third kappa shape index (κ3) is 3.78. The number of sulfonamides is 1. The first kappa shape index (κ1) is 19.3. The number of carbonyl (C=O) groups excluding carboxylic acids is 1. The highest BCUT2D eigenvalue weighted by Crippen LogP contribution is 2.24. The molecule has 0 aliphatic carbocycles. The fraction of sp³-hybridized carbons (Fsp3) is 0.611. The summed E-state index contributed by atoms with van der Waals surface area (Å²) in [6.07, 6.45) is 0.595. The maximum Gasteiger partial charge on any atom is 0.254 e. The summed E-state index contributed by atoms with van der Waals surface area (Å²) in [5.41, 5.74) is 1.17. The topological polar surface area (TPSA) is 79.0 Å². The number of rotatable bonds is 4. The molecule has 7 nitrogen and oxygen atoms in total. The van der Waals surface area contributed by atoms with E-state index in [4.69, 9.17) is 4.74 Å². The molecular weight excluding hydrogens is 354 g/mol. The maximum absolute atomic E-state index is 13.1. The number of ether oxygens (including phenoxy) is 1. The van der Waals surface area contributed by atoms with Crippen LogP contribution in [0.2, 0.25) is 0 Å². The van der Waals surface area contributed by atoms with Gasteiger partial charge in [0.15, 0.2) is 0 Å². The van der Waals surface area contributed by atoms with Crippen LogP contribution in [0.4, 0.5) is 0 Å². The summed E-state index contributed by atoms with van der Waals surface area (Å²) in [7, 11) is -3.63. The zero-order chi connectivity index (χ0) is 18.7. The second-order valence-electron chi connectivity index (χ2n) is 6.74. The third-order valence-electron chi connectivity index (χ3n) is 5.05. The van der Waals surface area contributed by atoms with Gasteiger partial charge in [-0.15, -0.1) is 0 Å². The van der Waals surface area contributed by atoms with Crippen molar-refractivity contribution in [3.8, 4) is 0 Å². The molecule has 2 aliphatic heterocycles. The first-order valence-corrected chi connectivity index (χ1v) is 10.6. The SMILES string of the molecule is CCc1ccc(C(=O)N2CCNC[C@@H]2C)cc1S(=O)(=O)N1CCOCC1. The Kier molecular flexibility index (Phi) is 5.96. The van der Waals surface area contributed by atoms with Crippen molar-refractivity contribution in [3.63, 3.8) is 0 Å². The van der Waals surface area contributed by atoms with Gasteiger partial charge >= 0.3 is 0 Å². The van der Waals surface area contributed by atoms with Crippen LogP contribution < -0.4 is 5.32 Å². The number of piperazine rings is 1. The Morgan fingerprint density at radius 1 is 1.27 bits per heavy atom. The van der Waals surface area contributed by atoms with E-state index in [0.29, 0.717) is 44.8 Å². The molecule has 0 aromatic heterocycles. The Labute approximate surface area is 155 Å². The van der Waals surface area contributed by atoms with Gasteiger partial charge in [0.05, 0.1) is 18.1 Å². The zero-order valence-corrected chi connectivity index (χ0v) is 16.2. The maximum atomic E-state index is 13.1. The first-order chi connectivity index (χ1) is 12.4. The van der Waals surface area contributed by atoms with Crippen LogP contribution in [0, 0.1) is 0 Å². The molecule has 1 aromatic carbocycles. The van der Waals surface area contributed by atoms with Crippen molar-refractivity contribution in [2.45, 2.75) is 31.2 Å². The van der Waals surface area contributed by atoms with E-state index in [2.05, 4.69) is 5.32 Å². The number of aryl methyl sites for hydroxylation is 1. The molecule has 3 rings (SSSR count). The lowest BCUT2D eigenvalue weighted by Gasteiger charge is -2.34. The largest absolute Gasteiger partial charge is 0.379 e. The van der Waals surface area contributed by atoms with Gasteiger partial charge in [-0.25, -0.2) is 8.42 Å². The van der Waals surface area contributed by atoms with Gasteiger partial charge in [-0.05, 0) is 31.0 Å². The van der Waals surface area contributed by atoms with Crippen molar-refractivity contribution in [1.82, 2.24) is 14.5 Å². The monoisotopic (exact) mass is 381 g/mol. The van der Waals surface area contributed by atoms with Crippen LogP contribution in [0.5, 0.6) is 0 Å². The number of benzene rings is 1. The predicted molar refractivity (Wildman–Crippen MR) is 98.8 cm³/mol. The smallest absolute Gasteiger partial charge is 0.254 e. The molecule has 0 saturated carbocycles. The molecule has 0 unspecified atom stereocenters. The van der Waals surface area contributed by atoms with E-state index >= 15 is 0 Å². The van der Waals surface area contributed by atoms with Gasteiger partial charge in [0.1, 0.15) is 0 Å². The quantitative estimate of drug-likeness (QED) is 0.831. The first-order valence-electron chi connectivity index (χ1n) is 9.17. The Hall–Kier alpha value is -1.48. The predicted octanol–water partition coefficient (Wildman–Crippen LogP) is 0.704. The molecule has 0 radical (unpaired) electrons. The summed E-state index contributed by atoms with van der Waals surface area (Å²) in [5, 5.41) is 3.26. The van der Waals surface area contributed by atoms with Gasteiger partial charge in [-0.3, -0.25) is 4.79 Å². The normalized spacial score (nSPS) is 22.4. The van der Waals surface area contributed by atoms with Crippen LogP contribution >= 0.6 is 0 Å². The van der Waals surface area contributed by atoms with Crippen LogP contribution in [0.3, 0.4) is 0 Å². The van der Waals surface area contributed by atoms with E-state index in [1.807, 2.05) is 18.7 Å². The second kappa shape index (κ2) is 8.04. The summed E-state index contributed by atoms with van der Waals surface area (Å²) in [4.78, 5) is 15.0. The highest BCUT2D eigenvalue weighted by atomic mass is 32.2. The van der Waals surface area contributed by atoms with Crippen molar-refractivity contribution in [2.24, 2.45) is 0 Å². The molecule has 0 spiro atoms. The van der Waals surface area contributed by atoms with E-state index in [1.165, 1.54) is 4.31 Å². The summed E-state index contributed by atoms with van der Waals surface area (Å²) in [6.45, 7) is 7.54. The molecule has 2 aliphatic rings. The van der Waals surface area contributed by atoms with Crippen LogP contribution in [0.25, 0.3) is 0 Å². The minimum absolute atomic E-state index is 0.0846. The summed E-state index contributed by atoms with van der Waals surface area (Å²) >= 11 is 0. The van der Waals surface area contributed by atoms with Gasteiger partial charge < -0.3 is 15.0 Å². The molecule has 1 aromatic rings. The van der Waals surface area contributed by atoms with E-state index in [1.54, 1.807) is 18.2 Å². The molecule has 2 saturated heterocycles. The van der Waals surface area contributed by atoms with E-state index in [9.17, 15) is 13.2 Å². The number of hydrogen-bond acceptors (Lipinski definition) is 5. The minimum Gasteiger partial charge on any atom is -0.379 e. The lowest BCUT2D eigenvalue weighted by atomic mass is 10.1. The average Bonchev–Trinajstić information content (AvgIpc) is 2.68. The molecular formula is C18H27N3O4S. The van der Waals surface area contributed by atoms with Crippen molar-refractivity contribution >= 4 is 15.9 Å². The zero-order valence-electron chi connectivity index (χ0n) is 15.4. The van der Waals surface area contributed by atoms with E-state index in [0.717, 1.165) is 18.7 Å². The minimum atomic E-state index is -3.63. The number of morpholine rings is 1. The molecule has 144 valence electrons. The van der Waals surface area contributed by atoms with Crippen LogP contribution in [-0.4, -0.2) is 75.5 Å². The number of amides is 1. The van der Waals surface area contributed by atoms with Crippen molar-refractivity contribution in [3.05, 3.63) is 29.3 Å². The Bertz CT molecular complexity index is 760. The second-order valence-corrected chi connectivity index (χ2v) is 8.65. The number of carbonyl (C=O) groups is 1. The standard InChI is InChI=1S/C18H27N3O4S/c1-3-15-4-5-16(18(22)21-7-6-19-13-14(21)2)12-17(15)26(23,24)20-8-10-25-11-9-20/h4-5,12,14,19H,3,6-11,13H2,1-2H3/t14-/m0/s1.